The Balaban J connectivity index is 1.89. The maximum absolute atomic E-state index is 9.89. The minimum Gasteiger partial charge on any atom is -0.489 e. The quantitative estimate of drug-likeness (QED) is 0.507. The van der Waals surface area contributed by atoms with E-state index in [4.69, 9.17) is 19.3 Å². The summed E-state index contributed by atoms with van der Waals surface area (Å²) in [4.78, 5) is 0. The van der Waals surface area contributed by atoms with Gasteiger partial charge in [-0.2, -0.15) is 0 Å². The summed E-state index contributed by atoms with van der Waals surface area (Å²) in [5, 5.41) is 38.4. The molecule has 5 atom stereocenters. The van der Waals surface area contributed by atoms with Crippen LogP contribution in [0.1, 0.15) is 5.56 Å². The average molecular weight is 338 g/mol. The maximum Gasteiger partial charge on any atom is 0.187 e. The Morgan fingerprint density at radius 1 is 1.12 bits per heavy atom. The van der Waals surface area contributed by atoms with Gasteiger partial charge in [0.2, 0.25) is 0 Å². The summed E-state index contributed by atoms with van der Waals surface area (Å²) >= 11 is 0. The minimum absolute atomic E-state index is 0.121. The van der Waals surface area contributed by atoms with Crippen molar-refractivity contribution in [1.29, 1.82) is 0 Å². The van der Waals surface area contributed by atoms with Gasteiger partial charge in [-0.25, -0.2) is 0 Å². The molecule has 0 saturated carbocycles. The van der Waals surface area contributed by atoms with Crippen molar-refractivity contribution in [2.45, 2.75) is 37.3 Å². The smallest absolute Gasteiger partial charge is 0.187 e. The lowest BCUT2D eigenvalue weighted by atomic mass is 9.99. The van der Waals surface area contributed by atoms with Crippen LogP contribution in [0.25, 0.3) is 0 Å². The highest BCUT2D eigenvalue weighted by Crippen LogP contribution is 2.23. The molecule has 0 spiro atoms. The zero-order chi connectivity index (χ0) is 17.5. The fourth-order valence-electron chi connectivity index (χ4n) is 2.26. The molecule has 0 bridgehead atoms. The van der Waals surface area contributed by atoms with Crippen molar-refractivity contribution < 1.29 is 34.6 Å². The van der Waals surface area contributed by atoms with Gasteiger partial charge in [-0.1, -0.05) is 18.7 Å². The van der Waals surface area contributed by atoms with Crippen LogP contribution < -0.4 is 4.74 Å². The molecule has 1 aromatic carbocycles. The Hall–Kier alpha value is -1.70. The molecule has 7 heteroatoms. The first-order chi connectivity index (χ1) is 11.6. The minimum atomic E-state index is -1.45. The molecular weight excluding hydrogens is 316 g/mol. The van der Waals surface area contributed by atoms with Crippen molar-refractivity contribution in [1.82, 2.24) is 0 Å². The van der Waals surface area contributed by atoms with Crippen LogP contribution in [0.2, 0.25) is 0 Å². The molecule has 0 aliphatic carbocycles. The highest BCUT2D eigenvalue weighted by molar-refractivity contribution is 5.27. The molecule has 4 N–H and O–H groups in total. The van der Waals surface area contributed by atoms with Crippen LogP contribution >= 0.6 is 0 Å². The zero-order valence-corrected chi connectivity index (χ0v) is 13.1. The molecule has 1 aromatic rings. The average Bonchev–Trinajstić information content (AvgIpc) is 2.60. The first-order valence-electron chi connectivity index (χ1n) is 7.55. The lowest BCUT2D eigenvalue weighted by Crippen LogP contribution is -2.59. The van der Waals surface area contributed by atoms with Crippen molar-refractivity contribution >= 4 is 0 Å². The summed E-state index contributed by atoms with van der Waals surface area (Å²) in [5.41, 5.74) is 3.42. The van der Waals surface area contributed by atoms with Gasteiger partial charge in [0.1, 0.15) is 36.8 Å². The van der Waals surface area contributed by atoms with E-state index in [0.29, 0.717) is 12.4 Å². The second kappa shape index (κ2) is 8.96. The van der Waals surface area contributed by atoms with Crippen LogP contribution in [0.15, 0.2) is 42.7 Å². The van der Waals surface area contributed by atoms with Gasteiger partial charge < -0.3 is 34.6 Å². The Morgan fingerprint density at radius 2 is 1.83 bits per heavy atom. The van der Waals surface area contributed by atoms with Crippen molar-refractivity contribution in [3.63, 3.8) is 0 Å². The van der Waals surface area contributed by atoms with Gasteiger partial charge in [0.25, 0.3) is 0 Å². The van der Waals surface area contributed by atoms with Crippen molar-refractivity contribution in [3.8, 4) is 5.75 Å². The molecule has 1 fully saturated rings. The molecule has 0 amide bonds. The van der Waals surface area contributed by atoms with E-state index in [1.807, 2.05) is 0 Å². The molecule has 2 rings (SSSR count). The Kier molecular flexibility index (Phi) is 6.96. The van der Waals surface area contributed by atoms with E-state index in [9.17, 15) is 15.3 Å². The van der Waals surface area contributed by atoms with Crippen LogP contribution in [0.5, 0.6) is 5.75 Å². The zero-order valence-electron chi connectivity index (χ0n) is 13.1. The molecule has 7 nitrogen and oxygen atoms in total. The van der Waals surface area contributed by atoms with E-state index in [1.165, 1.54) is 0 Å². The number of hydrogen-bond donors (Lipinski definition) is 4. The standard InChI is InChI=1S/C17H22O7/c1-2-3-8-22-12-6-4-11(5-7-12)10-23-17-16(21)15(20)14(19)13(9-18)24-17/h3-7,13-21H,1,8-10H2/t13-,14-,15+,16-,17-/m1/s1. The Bertz CT molecular complexity index is 551. The van der Waals surface area contributed by atoms with Crippen molar-refractivity contribution in [2.24, 2.45) is 0 Å². The molecular formula is C17H22O7. The maximum atomic E-state index is 9.89. The largest absolute Gasteiger partial charge is 0.489 e. The first kappa shape index (κ1) is 18.6. The van der Waals surface area contributed by atoms with Gasteiger partial charge in [0.05, 0.1) is 13.2 Å². The van der Waals surface area contributed by atoms with Crippen molar-refractivity contribution in [2.75, 3.05) is 13.2 Å². The van der Waals surface area contributed by atoms with Gasteiger partial charge in [0, 0.05) is 0 Å². The van der Waals surface area contributed by atoms with Gasteiger partial charge in [-0.05, 0) is 23.8 Å². The first-order valence-corrected chi connectivity index (χ1v) is 7.55. The lowest BCUT2D eigenvalue weighted by molar-refractivity contribution is -0.304. The number of ether oxygens (including phenoxy) is 3. The monoisotopic (exact) mass is 338 g/mol. The molecule has 24 heavy (non-hydrogen) atoms. The fraction of sp³-hybridized carbons (Fsp3) is 0.471. The predicted octanol–water partition coefficient (Wildman–Crippen LogP) is -0.277. The third-order valence-electron chi connectivity index (χ3n) is 3.66. The molecule has 0 radical (unpaired) electrons. The second-order valence-electron chi connectivity index (χ2n) is 5.37. The van der Waals surface area contributed by atoms with E-state index in [1.54, 1.807) is 30.3 Å². The van der Waals surface area contributed by atoms with Crippen molar-refractivity contribution in [3.05, 3.63) is 48.2 Å². The fourth-order valence-corrected chi connectivity index (χ4v) is 2.26. The SMILES string of the molecule is C=C=CCOc1ccc(CO[C@@H]2O[C@H](CO)[C@@H](O)[C@H](O)[C@H]2O)cc1. The summed E-state index contributed by atoms with van der Waals surface area (Å²) in [6.07, 6.45) is -4.72. The summed E-state index contributed by atoms with van der Waals surface area (Å²) in [5.74, 6) is 0.679. The molecule has 0 aromatic heterocycles. The van der Waals surface area contributed by atoms with E-state index in [2.05, 4.69) is 12.3 Å². The predicted molar refractivity (Wildman–Crippen MR) is 84.2 cm³/mol. The highest BCUT2D eigenvalue weighted by atomic mass is 16.7. The Morgan fingerprint density at radius 3 is 2.46 bits per heavy atom. The molecule has 1 saturated heterocycles. The molecule has 1 aliphatic heterocycles. The number of benzene rings is 1. The molecule has 1 aliphatic rings. The van der Waals surface area contributed by atoms with E-state index >= 15 is 0 Å². The summed E-state index contributed by atoms with van der Waals surface area (Å²) in [6.45, 7) is 3.45. The topological polar surface area (TPSA) is 109 Å². The van der Waals surface area contributed by atoms with E-state index in [0.717, 1.165) is 5.56 Å². The summed E-state index contributed by atoms with van der Waals surface area (Å²) in [7, 11) is 0. The van der Waals surface area contributed by atoms with Gasteiger partial charge >= 0.3 is 0 Å². The van der Waals surface area contributed by atoms with Gasteiger partial charge in [-0.3, -0.25) is 0 Å². The summed E-state index contributed by atoms with van der Waals surface area (Å²) in [6, 6.07) is 7.11. The third-order valence-corrected chi connectivity index (χ3v) is 3.66. The number of rotatable bonds is 7. The molecule has 1 heterocycles. The van der Waals surface area contributed by atoms with Crippen LogP contribution in [-0.4, -0.2) is 64.3 Å². The molecule has 0 unspecified atom stereocenters. The number of aliphatic hydroxyl groups is 4. The highest BCUT2D eigenvalue weighted by Gasteiger charge is 2.43. The van der Waals surface area contributed by atoms with Gasteiger partial charge in [0.15, 0.2) is 6.29 Å². The van der Waals surface area contributed by atoms with Crippen LogP contribution in [-0.2, 0) is 16.1 Å². The normalized spacial score (nSPS) is 29.8. The lowest BCUT2D eigenvalue weighted by Gasteiger charge is -2.39. The van der Waals surface area contributed by atoms with Crippen LogP contribution in [0, 0.1) is 0 Å². The van der Waals surface area contributed by atoms with E-state index < -0.39 is 37.3 Å². The van der Waals surface area contributed by atoms with Crippen LogP contribution in [0.3, 0.4) is 0 Å². The van der Waals surface area contributed by atoms with Crippen LogP contribution in [0.4, 0.5) is 0 Å². The Labute approximate surface area is 140 Å². The number of hydrogen-bond acceptors (Lipinski definition) is 7. The summed E-state index contributed by atoms with van der Waals surface area (Å²) < 4.78 is 16.1. The number of aliphatic hydroxyl groups excluding tert-OH is 4. The molecule has 132 valence electrons. The second-order valence-corrected chi connectivity index (χ2v) is 5.37. The third kappa shape index (κ3) is 4.66. The van der Waals surface area contributed by atoms with E-state index in [-0.39, 0.29) is 6.61 Å². The van der Waals surface area contributed by atoms with Gasteiger partial charge in [-0.15, -0.1) is 5.73 Å².